The van der Waals surface area contributed by atoms with Gasteiger partial charge in [0.25, 0.3) is 5.91 Å². The summed E-state index contributed by atoms with van der Waals surface area (Å²) in [6.45, 7) is 2.56. The Morgan fingerprint density at radius 1 is 1.04 bits per heavy atom. The maximum atomic E-state index is 13.4. The first kappa shape index (κ1) is 31.3. The molecule has 8 rings (SSSR count). The quantitative estimate of drug-likeness (QED) is 0.385. The number of aliphatic hydroxyl groups is 1. The number of aliphatic hydroxyl groups excluding tert-OH is 1. The first-order chi connectivity index (χ1) is 22.5. The van der Waals surface area contributed by atoms with Crippen LogP contribution < -0.4 is 9.46 Å². The number of amides is 1. The largest absolute Gasteiger partial charge is 0.497 e. The van der Waals surface area contributed by atoms with E-state index in [-0.39, 0.29) is 5.92 Å². The van der Waals surface area contributed by atoms with E-state index in [0.717, 1.165) is 66.2 Å². The van der Waals surface area contributed by atoms with Crippen LogP contribution in [0.3, 0.4) is 0 Å². The number of piperazine rings is 1. The van der Waals surface area contributed by atoms with E-state index in [0.29, 0.717) is 30.1 Å². The fraction of sp³-hybridized carbons (Fsp3) is 0.583. The molecular formula is C36H47N5O5S. The van der Waals surface area contributed by atoms with Crippen LogP contribution >= 0.6 is 0 Å². The first-order valence-electron chi connectivity index (χ1n) is 17.3. The van der Waals surface area contributed by atoms with Crippen molar-refractivity contribution >= 4 is 27.0 Å². The fourth-order valence-corrected chi connectivity index (χ4v) is 10.2. The van der Waals surface area contributed by atoms with Gasteiger partial charge in [-0.2, -0.15) is 12.7 Å². The van der Waals surface area contributed by atoms with Gasteiger partial charge in [0.2, 0.25) is 0 Å². The second-order valence-corrected chi connectivity index (χ2v) is 16.9. The summed E-state index contributed by atoms with van der Waals surface area (Å²) < 4.78 is 36.6. The molecule has 252 valence electrons. The number of hydrogen-bond acceptors (Lipinski definition) is 7. The standard InChI is InChI=1S/C36H47N5O5S/c1-38(2)47(44,45)37-34(42)23-10-14-28-31(16-23)40-21-36(35(43)41-24-11-12-25(41)20-39(3)19-24)18-30(36)29-17-26(46-4)13-15-27(29)33(40)32(28)22-8-6-5-7-9-22/h10,13-17,22,24-25,30,35,43H,5-9,11-12,18-21H2,1-4H3,(H,37,42). The fourth-order valence-electron chi connectivity index (χ4n) is 9.64. The highest BCUT2D eigenvalue weighted by atomic mass is 32.2. The van der Waals surface area contributed by atoms with Crippen molar-refractivity contribution in [3.8, 4) is 17.0 Å². The van der Waals surface area contributed by atoms with Crippen LogP contribution in [0, 0.1) is 5.41 Å². The number of fused-ring (bicyclic) bond motifs is 9. The number of hydrogen-bond donors (Lipinski definition) is 2. The average molecular weight is 662 g/mol. The van der Waals surface area contributed by atoms with Gasteiger partial charge in [-0.1, -0.05) is 25.3 Å². The van der Waals surface area contributed by atoms with Crippen LogP contribution in [0.5, 0.6) is 5.75 Å². The minimum Gasteiger partial charge on any atom is -0.497 e. The van der Waals surface area contributed by atoms with Gasteiger partial charge >= 0.3 is 10.2 Å². The topological polar surface area (TPSA) is 107 Å². The van der Waals surface area contributed by atoms with Gasteiger partial charge in [0, 0.05) is 73.3 Å². The molecule has 3 aromatic rings. The highest BCUT2D eigenvalue weighted by Crippen LogP contribution is 2.68. The van der Waals surface area contributed by atoms with Crippen LogP contribution in [0.15, 0.2) is 36.4 Å². The summed E-state index contributed by atoms with van der Waals surface area (Å²) in [5.41, 5.74) is 5.76. The van der Waals surface area contributed by atoms with Gasteiger partial charge in [-0.25, -0.2) is 4.72 Å². The van der Waals surface area contributed by atoms with Gasteiger partial charge in [0.15, 0.2) is 0 Å². The molecule has 2 saturated carbocycles. The Morgan fingerprint density at radius 3 is 2.45 bits per heavy atom. The number of carbonyl (C=O) groups excluding carboxylic acids is 1. The molecule has 0 radical (unpaired) electrons. The molecule has 1 amide bonds. The lowest BCUT2D eigenvalue weighted by Crippen LogP contribution is -2.59. The zero-order valence-electron chi connectivity index (χ0n) is 27.9. The van der Waals surface area contributed by atoms with Gasteiger partial charge in [-0.05, 0) is 92.4 Å². The van der Waals surface area contributed by atoms with Gasteiger partial charge in [-0.3, -0.25) is 9.69 Å². The lowest BCUT2D eigenvalue weighted by Gasteiger charge is -2.45. The Kier molecular flexibility index (Phi) is 7.53. The normalized spacial score (nSPS) is 28.4. The third-order valence-corrected chi connectivity index (χ3v) is 13.5. The first-order valence-corrected chi connectivity index (χ1v) is 18.7. The van der Waals surface area contributed by atoms with Gasteiger partial charge in [0.1, 0.15) is 12.0 Å². The number of ether oxygens (including phenoxy) is 1. The van der Waals surface area contributed by atoms with Gasteiger partial charge in [0.05, 0.1) is 12.8 Å². The van der Waals surface area contributed by atoms with Crippen LogP contribution in [0.25, 0.3) is 22.2 Å². The van der Waals surface area contributed by atoms with E-state index in [2.05, 4.69) is 38.3 Å². The predicted octanol–water partition coefficient (Wildman–Crippen LogP) is 4.48. The average Bonchev–Trinajstić information content (AvgIpc) is 3.64. The molecule has 47 heavy (non-hydrogen) atoms. The molecule has 5 aliphatic rings. The SMILES string of the molecule is COc1ccc2c(c1)C1CC1(C(O)N1C3CCC1CN(C)C3)Cn1c-2c(C2CCCCC2)c2ccc(C(=O)NS(=O)(=O)N(C)C)cc21. The summed E-state index contributed by atoms with van der Waals surface area (Å²) in [7, 11) is 2.75. The van der Waals surface area contributed by atoms with E-state index in [1.807, 2.05) is 18.2 Å². The number of aromatic nitrogens is 1. The van der Waals surface area contributed by atoms with Gasteiger partial charge in [-0.15, -0.1) is 0 Å². The number of likely N-dealkylation sites (N-methyl/N-ethyl adjacent to an activating group) is 1. The van der Waals surface area contributed by atoms with Crippen molar-refractivity contribution in [3.05, 3.63) is 53.1 Å². The Labute approximate surface area is 277 Å². The van der Waals surface area contributed by atoms with E-state index >= 15 is 0 Å². The molecule has 2 aliphatic carbocycles. The lowest BCUT2D eigenvalue weighted by molar-refractivity contribution is -0.106. The maximum Gasteiger partial charge on any atom is 0.303 e. The number of nitrogens with zero attached hydrogens (tertiary/aromatic N) is 4. The van der Waals surface area contributed by atoms with Crippen molar-refractivity contribution in [1.82, 2.24) is 23.4 Å². The third kappa shape index (κ3) is 4.95. The number of nitrogens with one attached hydrogen (secondary N) is 1. The predicted molar refractivity (Wildman–Crippen MR) is 182 cm³/mol. The third-order valence-electron chi connectivity index (χ3n) is 12.1. The summed E-state index contributed by atoms with van der Waals surface area (Å²) >= 11 is 0. The molecule has 11 heteroatoms. The highest BCUT2D eigenvalue weighted by molar-refractivity contribution is 7.87. The smallest absolute Gasteiger partial charge is 0.303 e. The summed E-state index contributed by atoms with van der Waals surface area (Å²) in [6, 6.07) is 12.8. The summed E-state index contributed by atoms with van der Waals surface area (Å²) in [5, 5.41) is 13.7. The van der Waals surface area contributed by atoms with Crippen LogP contribution in [0.2, 0.25) is 0 Å². The molecule has 5 atom stereocenters. The van der Waals surface area contributed by atoms with Gasteiger partial charge < -0.3 is 19.3 Å². The zero-order chi connectivity index (χ0) is 32.8. The van der Waals surface area contributed by atoms with Crippen molar-refractivity contribution in [3.63, 3.8) is 0 Å². The van der Waals surface area contributed by atoms with Crippen LogP contribution in [-0.2, 0) is 16.8 Å². The van der Waals surface area contributed by atoms with E-state index in [1.54, 1.807) is 13.2 Å². The van der Waals surface area contributed by atoms with Crippen LogP contribution in [-0.4, -0.2) is 97.8 Å². The van der Waals surface area contributed by atoms with Crippen molar-refractivity contribution in [2.24, 2.45) is 5.41 Å². The molecule has 4 heterocycles. The van der Waals surface area contributed by atoms with E-state index < -0.39 is 27.8 Å². The lowest BCUT2D eigenvalue weighted by atomic mass is 9.81. The van der Waals surface area contributed by atoms with E-state index in [1.165, 1.54) is 55.7 Å². The number of rotatable bonds is 7. The summed E-state index contributed by atoms with van der Waals surface area (Å²) in [4.78, 5) is 18.2. The molecule has 0 spiro atoms. The van der Waals surface area contributed by atoms with E-state index in [4.69, 9.17) is 4.74 Å². The minimum atomic E-state index is -3.95. The Bertz CT molecular complexity index is 1840. The van der Waals surface area contributed by atoms with Crippen molar-refractivity contribution < 1.29 is 23.1 Å². The molecule has 3 aliphatic heterocycles. The number of likely N-dealkylation sites (tertiary alicyclic amines) is 1. The molecule has 2 bridgehead atoms. The molecule has 2 saturated heterocycles. The minimum absolute atomic E-state index is 0.174. The Balaban J connectivity index is 1.32. The molecule has 4 fully saturated rings. The highest BCUT2D eigenvalue weighted by Gasteiger charge is 2.65. The molecule has 2 N–H and O–H groups in total. The molecule has 1 aromatic heterocycles. The van der Waals surface area contributed by atoms with Crippen molar-refractivity contribution in [2.75, 3.05) is 41.3 Å². The Hall–Kier alpha value is -2.96. The summed E-state index contributed by atoms with van der Waals surface area (Å²) in [5.74, 6) is 0.730. The monoisotopic (exact) mass is 661 g/mol. The zero-order valence-corrected chi connectivity index (χ0v) is 28.7. The molecular weight excluding hydrogens is 614 g/mol. The van der Waals surface area contributed by atoms with Crippen LogP contribution in [0.4, 0.5) is 0 Å². The number of carbonyl (C=O) groups is 1. The Morgan fingerprint density at radius 2 is 1.77 bits per heavy atom. The number of benzene rings is 2. The van der Waals surface area contributed by atoms with Crippen LogP contribution in [0.1, 0.15) is 84.7 Å². The summed E-state index contributed by atoms with van der Waals surface area (Å²) in [6.07, 6.45) is 8.33. The van der Waals surface area contributed by atoms with Crippen molar-refractivity contribution in [1.29, 1.82) is 0 Å². The van der Waals surface area contributed by atoms with E-state index in [9.17, 15) is 18.3 Å². The molecule has 5 unspecified atom stereocenters. The number of methoxy groups -OCH3 is 1. The second-order valence-electron chi connectivity index (χ2n) is 15.0. The molecule has 2 aromatic carbocycles. The van der Waals surface area contributed by atoms with Crippen molar-refractivity contribution in [2.45, 2.75) is 88.1 Å². The maximum absolute atomic E-state index is 13.4. The second kappa shape index (κ2) is 11.3. The molecule has 10 nitrogen and oxygen atoms in total.